The van der Waals surface area contributed by atoms with Gasteiger partial charge >= 0.3 is 0 Å². The minimum atomic E-state index is -0.102. The number of amides is 1. The summed E-state index contributed by atoms with van der Waals surface area (Å²) < 4.78 is 0. The highest BCUT2D eigenvalue weighted by molar-refractivity contribution is 5.76. The summed E-state index contributed by atoms with van der Waals surface area (Å²) >= 11 is 0. The van der Waals surface area contributed by atoms with E-state index in [0.717, 1.165) is 51.4 Å². The molecule has 2 N–H and O–H groups in total. The summed E-state index contributed by atoms with van der Waals surface area (Å²) in [7, 11) is 0. The van der Waals surface area contributed by atoms with E-state index in [1.807, 2.05) is 0 Å². The monoisotopic (exact) mass is 338 g/mol. The summed E-state index contributed by atoms with van der Waals surface area (Å²) in [5.41, 5.74) is 0.414. The smallest absolute Gasteiger partial charge is 0.220 e. The van der Waals surface area contributed by atoms with Crippen LogP contribution in [0.5, 0.6) is 0 Å². The van der Waals surface area contributed by atoms with Crippen LogP contribution < -0.4 is 5.32 Å². The van der Waals surface area contributed by atoms with Crippen molar-refractivity contribution in [2.24, 2.45) is 17.3 Å². The zero-order valence-corrected chi connectivity index (χ0v) is 16.0. The number of likely N-dealkylation sites (tertiary alicyclic amines) is 1. The van der Waals surface area contributed by atoms with Gasteiger partial charge < -0.3 is 15.3 Å². The van der Waals surface area contributed by atoms with E-state index in [2.05, 4.69) is 31.0 Å². The molecule has 0 bridgehead atoms. The highest BCUT2D eigenvalue weighted by atomic mass is 16.3. The topological polar surface area (TPSA) is 52.6 Å². The van der Waals surface area contributed by atoms with Crippen molar-refractivity contribution in [2.45, 2.75) is 78.2 Å². The molecule has 140 valence electrons. The number of nitrogens with one attached hydrogen (secondary N) is 1. The van der Waals surface area contributed by atoms with Gasteiger partial charge in [0.15, 0.2) is 0 Å². The van der Waals surface area contributed by atoms with Gasteiger partial charge in [-0.15, -0.1) is 0 Å². The third kappa shape index (κ3) is 6.72. The fourth-order valence-electron chi connectivity index (χ4n) is 4.24. The average Bonchev–Trinajstić information content (AvgIpc) is 2.53. The SMILES string of the molecule is CC(C)(C)C1CCC(CC(=O)NCCCN2CCC(O)CC2)CC1. The molecular weight excluding hydrogens is 300 g/mol. The third-order valence-electron chi connectivity index (χ3n) is 6.08. The maximum Gasteiger partial charge on any atom is 0.220 e. The lowest BCUT2D eigenvalue weighted by Crippen LogP contribution is -2.37. The van der Waals surface area contributed by atoms with Crippen LogP contribution in [0.15, 0.2) is 0 Å². The lowest BCUT2D eigenvalue weighted by molar-refractivity contribution is -0.122. The van der Waals surface area contributed by atoms with Gasteiger partial charge in [0.1, 0.15) is 0 Å². The summed E-state index contributed by atoms with van der Waals surface area (Å²) in [6.45, 7) is 10.8. The van der Waals surface area contributed by atoms with Gasteiger partial charge in [-0.1, -0.05) is 20.8 Å². The first-order valence-corrected chi connectivity index (χ1v) is 10.0. The summed E-state index contributed by atoms with van der Waals surface area (Å²) in [6.07, 6.45) is 8.40. The fraction of sp³-hybridized carbons (Fsp3) is 0.950. The third-order valence-corrected chi connectivity index (χ3v) is 6.08. The molecule has 0 radical (unpaired) electrons. The van der Waals surface area contributed by atoms with Crippen LogP contribution in [0.1, 0.15) is 72.1 Å². The number of nitrogens with zero attached hydrogens (tertiary/aromatic N) is 1. The van der Waals surface area contributed by atoms with E-state index in [0.29, 0.717) is 17.8 Å². The van der Waals surface area contributed by atoms with Crippen molar-refractivity contribution in [3.05, 3.63) is 0 Å². The maximum atomic E-state index is 12.1. The van der Waals surface area contributed by atoms with Crippen LogP contribution in [0.2, 0.25) is 0 Å². The van der Waals surface area contributed by atoms with E-state index in [1.54, 1.807) is 0 Å². The lowest BCUT2D eigenvalue weighted by Gasteiger charge is -2.36. The molecule has 0 unspecified atom stereocenters. The van der Waals surface area contributed by atoms with Crippen LogP contribution in [0.4, 0.5) is 0 Å². The molecule has 2 fully saturated rings. The number of piperidine rings is 1. The highest BCUT2D eigenvalue weighted by Gasteiger charge is 2.30. The van der Waals surface area contributed by atoms with Crippen molar-refractivity contribution >= 4 is 5.91 Å². The van der Waals surface area contributed by atoms with Crippen LogP contribution >= 0.6 is 0 Å². The maximum absolute atomic E-state index is 12.1. The molecule has 0 spiro atoms. The summed E-state index contributed by atoms with van der Waals surface area (Å²) in [5.74, 6) is 1.65. The van der Waals surface area contributed by atoms with Crippen molar-refractivity contribution in [3.63, 3.8) is 0 Å². The van der Waals surface area contributed by atoms with E-state index >= 15 is 0 Å². The molecule has 2 aliphatic rings. The Hall–Kier alpha value is -0.610. The van der Waals surface area contributed by atoms with Gasteiger partial charge in [-0.05, 0) is 68.7 Å². The molecule has 4 nitrogen and oxygen atoms in total. The van der Waals surface area contributed by atoms with E-state index in [-0.39, 0.29) is 12.0 Å². The second kappa shape index (κ2) is 9.19. The molecule has 24 heavy (non-hydrogen) atoms. The molecule has 1 saturated carbocycles. The van der Waals surface area contributed by atoms with Gasteiger partial charge in [-0.3, -0.25) is 4.79 Å². The second-order valence-corrected chi connectivity index (χ2v) is 9.06. The molecule has 1 saturated heterocycles. The highest BCUT2D eigenvalue weighted by Crippen LogP contribution is 2.40. The number of hydrogen-bond acceptors (Lipinski definition) is 3. The first-order chi connectivity index (χ1) is 11.3. The molecule has 1 amide bonds. The van der Waals surface area contributed by atoms with E-state index < -0.39 is 0 Å². The fourth-order valence-corrected chi connectivity index (χ4v) is 4.24. The molecule has 1 heterocycles. The first kappa shape index (κ1) is 19.7. The Labute approximate surface area is 148 Å². The molecule has 4 heteroatoms. The number of hydrogen-bond donors (Lipinski definition) is 2. The molecule has 0 aromatic carbocycles. The van der Waals surface area contributed by atoms with E-state index in [1.165, 1.54) is 25.7 Å². The number of aliphatic hydroxyl groups is 1. The lowest BCUT2D eigenvalue weighted by atomic mass is 9.69. The molecule has 0 aromatic heterocycles. The van der Waals surface area contributed by atoms with E-state index in [9.17, 15) is 9.90 Å². The van der Waals surface area contributed by atoms with Crippen molar-refractivity contribution < 1.29 is 9.90 Å². The Morgan fingerprint density at radius 1 is 1.08 bits per heavy atom. The van der Waals surface area contributed by atoms with Gasteiger partial charge in [0, 0.05) is 26.1 Å². The zero-order valence-electron chi connectivity index (χ0n) is 16.0. The van der Waals surface area contributed by atoms with Gasteiger partial charge in [0.25, 0.3) is 0 Å². The predicted octanol–water partition coefficient (Wildman–Crippen LogP) is 3.19. The Kier molecular flexibility index (Phi) is 7.55. The summed E-state index contributed by atoms with van der Waals surface area (Å²) in [5, 5.41) is 12.6. The van der Waals surface area contributed by atoms with Crippen LogP contribution in [0, 0.1) is 17.3 Å². The Balaban J connectivity index is 1.53. The number of carbonyl (C=O) groups is 1. The quantitative estimate of drug-likeness (QED) is 0.731. The summed E-state index contributed by atoms with van der Waals surface area (Å²) in [4.78, 5) is 14.5. The number of rotatable bonds is 6. The van der Waals surface area contributed by atoms with E-state index in [4.69, 9.17) is 0 Å². The normalized spacial score (nSPS) is 27.2. The minimum Gasteiger partial charge on any atom is -0.393 e. The van der Waals surface area contributed by atoms with Crippen molar-refractivity contribution in [2.75, 3.05) is 26.2 Å². The Morgan fingerprint density at radius 3 is 2.29 bits per heavy atom. The number of carbonyl (C=O) groups excluding carboxylic acids is 1. The van der Waals surface area contributed by atoms with Gasteiger partial charge in [-0.25, -0.2) is 0 Å². The molecule has 2 rings (SSSR count). The molecular formula is C20H38N2O2. The zero-order chi connectivity index (χ0) is 17.6. The first-order valence-electron chi connectivity index (χ1n) is 10.0. The average molecular weight is 339 g/mol. The van der Waals surface area contributed by atoms with Gasteiger partial charge in [-0.2, -0.15) is 0 Å². The van der Waals surface area contributed by atoms with Crippen molar-refractivity contribution in [1.29, 1.82) is 0 Å². The molecule has 1 aliphatic carbocycles. The van der Waals surface area contributed by atoms with Crippen LogP contribution in [-0.4, -0.2) is 48.2 Å². The van der Waals surface area contributed by atoms with Gasteiger partial charge in [0.05, 0.1) is 6.10 Å². The summed E-state index contributed by atoms with van der Waals surface area (Å²) in [6, 6.07) is 0. The van der Waals surface area contributed by atoms with Crippen molar-refractivity contribution in [1.82, 2.24) is 10.2 Å². The molecule has 1 aliphatic heterocycles. The largest absolute Gasteiger partial charge is 0.393 e. The van der Waals surface area contributed by atoms with Crippen LogP contribution in [-0.2, 0) is 4.79 Å². The molecule has 0 atom stereocenters. The standard InChI is InChI=1S/C20H38N2O2/c1-20(2,3)17-7-5-16(6-8-17)15-19(24)21-11-4-12-22-13-9-18(23)10-14-22/h16-18,23H,4-15H2,1-3H3,(H,21,24). The van der Waals surface area contributed by atoms with Crippen molar-refractivity contribution in [3.8, 4) is 0 Å². The Bertz CT molecular complexity index is 376. The number of aliphatic hydroxyl groups excluding tert-OH is 1. The minimum absolute atomic E-state index is 0.102. The Morgan fingerprint density at radius 2 is 1.71 bits per heavy atom. The van der Waals surface area contributed by atoms with Crippen LogP contribution in [0.3, 0.4) is 0 Å². The molecule has 0 aromatic rings. The van der Waals surface area contributed by atoms with Gasteiger partial charge in [0.2, 0.25) is 5.91 Å². The second-order valence-electron chi connectivity index (χ2n) is 9.06. The van der Waals surface area contributed by atoms with Crippen LogP contribution in [0.25, 0.3) is 0 Å². The predicted molar refractivity (Wildman–Crippen MR) is 98.8 cm³/mol.